The molecule has 1 fully saturated rings. The van der Waals surface area contributed by atoms with E-state index in [0.29, 0.717) is 28.6 Å². The Hall–Kier alpha value is -1.07. The first-order chi connectivity index (χ1) is 12.4. The third kappa shape index (κ3) is 5.98. The Morgan fingerprint density at radius 3 is 2.46 bits per heavy atom. The van der Waals surface area contributed by atoms with Gasteiger partial charge in [0, 0.05) is 29.6 Å². The predicted molar refractivity (Wildman–Crippen MR) is 108 cm³/mol. The van der Waals surface area contributed by atoms with Gasteiger partial charge in [0.2, 0.25) is 0 Å². The minimum Gasteiger partial charge on any atom is -0.396 e. The maximum atomic E-state index is 12.3. The molecular formula is C18H18Cl2N2O2S2. The molecule has 2 atom stereocenters. The number of thiol groups is 1. The summed E-state index contributed by atoms with van der Waals surface area (Å²) in [6.07, 6.45) is 0.843. The van der Waals surface area contributed by atoms with Gasteiger partial charge in [-0.2, -0.15) is 5.26 Å². The first-order valence-corrected chi connectivity index (χ1v) is 10.2. The first-order valence-electron chi connectivity index (χ1n) is 7.86. The van der Waals surface area contributed by atoms with Crippen LogP contribution in [-0.2, 0) is 11.0 Å². The summed E-state index contributed by atoms with van der Waals surface area (Å²) >= 11 is 15.7. The fraction of sp³-hybridized carbons (Fsp3) is 0.278. The van der Waals surface area contributed by atoms with E-state index >= 15 is 0 Å². The molecule has 0 bridgehead atoms. The van der Waals surface area contributed by atoms with E-state index in [1.54, 1.807) is 16.4 Å². The highest BCUT2D eigenvalue weighted by molar-refractivity contribution is 7.82. The Labute approximate surface area is 171 Å². The molecule has 2 aromatic rings. The van der Waals surface area contributed by atoms with Gasteiger partial charge in [-0.05, 0) is 54.8 Å². The van der Waals surface area contributed by atoms with Crippen LogP contribution in [0.5, 0.6) is 0 Å². The molecule has 3 rings (SSSR count). The number of nitriles is 1. The van der Waals surface area contributed by atoms with Crippen LogP contribution < -0.4 is 0 Å². The minimum absolute atomic E-state index is 0.120. The Morgan fingerprint density at radius 2 is 1.96 bits per heavy atom. The minimum atomic E-state index is -1.32. The molecule has 0 aromatic heterocycles. The van der Waals surface area contributed by atoms with Crippen LogP contribution >= 0.6 is 35.8 Å². The van der Waals surface area contributed by atoms with Gasteiger partial charge in [0.25, 0.3) is 0 Å². The smallest absolute Gasteiger partial charge is 0.129 e. The lowest BCUT2D eigenvalue weighted by molar-refractivity contribution is 0.233. The highest BCUT2D eigenvalue weighted by Crippen LogP contribution is 2.26. The Morgan fingerprint density at radius 1 is 1.27 bits per heavy atom. The summed E-state index contributed by atoms with van der Waals surface area (Å²) in [5.41, 5.74) is 0.454. The third-order valence-electron chi connectivity index (χ3n) is 3.82. The Bertz CT molecular complexity index is 789. The van der Waals surface area contributed by atoms with Crippen molar-refractivity contribution < 1.29 is 9.32 Å². The molecule has 2 aromatic carbocycles. The molecule has 4 nitrogen and oxygen atoms in total. The van der Waals surface area contributed by atoms with Crippen molar-refractivity contribution in [3.63, 3.8) is 0 Å². The van der Waals surface area contributed by atoms with Gasteiger partial charge in [-0.1, -0.05) is 23.2 Å². The molecule has 0 spiro atoms. The lowest BCUT2D eigenvalue weighted by Crippen LogP contribution is -2.24. The maximum absolute atomic E-state index is 12.3. The van der Waals surface area contributed by atoms with Crippen molar-refractivity contribution in [3.05, 3.63) is 58.1 Å². The van der Waals surface area contributed by atoms with E-state index in [1.807, 2.05) is 30.3 Å². The zero-order chi connectivity index (χ0) is 19.1. The number of benzene rings is 2. The Kier molecular flexibility index (Phi) is 8.42. The molecular weight excluding hydrogens is 411 g/mol. The summed E-state index contributed by atoms with van der Waals surface area (Å²) in [5.74, 6) is 0.186. The van der Waals surface area contributed by atoms with Crippen LogP contribution in [0.15, 0.2) is 52.3 Å². The largest absolute Gasteiger partial charge is 0.396 e. The predicted octanol–water partition coefficient (Wildman–Crippen LogP) is 4.18. The number of nitrogens with zero attached hydrogens (tertiary/aromatic N) is 2. The van der Waals surface area contributed by atoms with Crippen LogP contribution in [-0.4, -0.2) is 33.3 Å². The average Bonchev–Trinajstić information content (AvgIpc) is 3.13. The zero-order valence-electron chi connectivity index (χ0n) is 13.8. The third-order valence-corrected chi connectivity index (χ3v) is 6.32. The fourth-order valence-electron chi connectivity index (χ4n) is 2.39. The van der Waals surface area contributed by atoms with Crippen molar-refractivity contribution in [2.45, 2.75) is 16.2 Å². The highest BCUT2D eigenvalue weighted by atomic mass is 35.5. The Balaban J connectivity index is 0.000000254. The van der Waals surface area contributed by atoms with E-state index in [9.17, 15) is 4.21 Å². The molecule has 26 heavy (non-hydrogen) atoms. The van der Waals surface area contributed by atoms with E-state index in [2.05, 4.69) is 12.6 Å². The number of hydrogen-bond donors (Lipinski definition) is 2. The second-order valence-electron chi connectivity index (χ2n) is 5.71. The fourth-order valence-corrected chi connectivity index (χ4v) is 4.35. The molecule has 0 aliphatic carbocycles. The van der Waals surface area contributed by atoms with E-state index in [4.69, 9.17) is 33.6 Å². The topological polar surface area (TPSA) is 64.3 Å². The molecule has 0 amide bonds. The van der Waals surface area contributed by atoms with Gasteiger partial charge in [0.05, 0.1) is 21.6 Å². The zero-order valence-corrected chi connectivity index (χ0v) is 17.0. The normalized spacial score (nSPS) is 17.9. The second-order valence-corrected chi connectivity index (χ2v) is 8.52. The number of halogens is 2. The summed E-state index contributed by atoms with van der Waals surface area (Å²) in [6.45, 7) is 1.42. The van der Waals surface area contributed by atoms with Crippen molar-refractivity contribution in [2.75, 3.05) is 19.7 Å². The molecule has 138 valence electrons. The number of aliphatic hydroxyl groups excluding tert-OH is 1. The molecule has 2 unspecified atom stereocenters. The van der Waals surface area contributed by atoms with Crippen LogP contribution in [0.2, 0.25) is 10.0 Å². The first kappa shape index (κ1) is 21.2. The molecule has 1 aliphatic heterocycles. The molecule has 1 saturated heterocycles. The summed E-state index contributed by atoms with van der Waals surface area (Å²) in [7, 11) is -1.32. The lowest BCUT2D eigenvalue weighted by Gasteiger charge is -2.15. The number of aliphatic hydroxyl groups is 1. The van der Waals surface area contributed by atoms with Crippen LogP contribution in [0.25, 0.3) is 0 Å². The quantitative estimate of drug-likeness (QED) is 0.720. The number of rotatable bonds is 3. The highest BCUT2D eigenvalue weighted by Gasteiger charge is 2.27. The van der Waals surface area contributed by atoms with Gasteiger partial charge >= 0.3 is 0 Å². The summed E-state index contributed by atoms with van der Waals surface area (Å²) < 4.78 is 14.1. The monoisotopic (exact) mass is 428 g/mol. The van der Waals surface area contributed by atoms with Gasteiger partial charge in [-0.15, -0.1) is 12.6 Å². The molecule has 1 N–H and O–H groups in total. The van der Waals surface area contributed by atoms with Gasteiger partial charge < -0.3 is 5.11 Å². The van der Waals surface area contributed by atoms with Crippen LogP contribution in [0.4, 0.5) is 0 Å². The molecule has 0 radical (unpaired) electrons. The van der Waals surface area contributed by atoms with E-state index in [1.165, 1.54) is 6.07 Å². The van der Waals surface area contributed by atoms with Gasteiger partial charge in [-0.3, -0.25) is 0 Å². The van der Waals surface area contributed by atoms with Crippen molar-refractivity contribution in [1.29, 1.82) is 5.26 Å². The van der Waals surface area contributed by atoms with Crippen LogP contribution in [0.3, 0.4) is 0 Å². The molecule has 1 heterocycles. The standard InChI is InChI=1S/C12H13ClN2O2S.C6H5ClS/c13-11-5-9(6-14)1-2-12(11)18(17)15-4-3-10(7-15)8-16;7-5-1-3-6(8)4-2-5/h1-2,5,10,16H,3-4,7-8H2;1-4,8H. The van der Waals surface area contributed by atoms with Crippen molar-refractivity contribution in [1.82, 2.24) is 4.31 Å². The molecule has 8 heteroatoms. The SMILES string of the molecule is N#Cc1ccc(S(=O)N2CCC(CO)C2)c(Cl)c1.Sc1ccc(Cl)cc1. The van der Waals surface area contributed by atoms with Crippen LogP contribution in [0, 0.1) is 17.2 Å². The average molecular weight is 429 g/mol. The second kappa shape index (κ2) is 10.3. The van der Waals surface area contributed by atoms with Crippen LogP contribution in [0.1, 0.15) is 12.0 Å². The van der Waals surface area contributed by atoms with Crippen molar-refractivity contribution in [3.8, 4) is 6.07 Å². The summed E-state index contributed by atoms with van der Waals surface area (Å²) in [4.78, 5) is 1.46. The van der Waals surface area contributed by atoms with Gasteiger partial charge in [-0.25, -0.2) is 8.51 Å². The van der Waals surface area contributed by atoms with Crippen molar-refractivity contribution in [2.24, 2.45) is 5.92 Å². The molecule has 0 saturated carbocycles. The lowest BCUT2D eigenvalue weighted by atomic mass is 10.1. The summed E-state index contributed by atoms with van der Waals surface area (Å²) in [5, 5.41) is 18.9. The van der Waals surface area contributed by atoms with E-state index in [-0.39, 0.29) is 12.5 Å². The van der Waals surface area contributed by atoms with Crippen molar-refractivity contribution >= 4 is 46.8 Å². The van der Waals surface area contributed by atoms with Gasteiger partial charge in [0.1, 0.15) is 11.0 Å². The van der Waals surface area contributed by atoms with Gasteiger partial charge in [0.15, 0.2) is 0 Å². The number of hydrogen-bond acceptors (Lipinski definition) is 4. The molecule has 1 aliphatic rings. The van der Waals surface area contributed by atoms with E-state index < -0.39 is 11.0 Å². The summed E-state index contributed by atoms with van der Waals surface area (Å²) in [6, 6.07) is 14.1. The maximum Gasteiger partial charge on any atom is 0.129 e. The van der Waals surface area contributed by atoms with E-state index in [0.717, 1.165) is 16.3 Å².